The van der Waals surface area contributed by atoms with Crippen LogP contribution < -0.4 is 16.4 Å². The van der Waals surface area contributed by atoms with E-state index in [9.17, 15) is 19.2 Å². The van der Waals surface area contributed by atoms with Crippen molar-refractivity contribution in [1.29, 1.82) is 0 Å². The van der Waals surface area contributed by atoms with Crippen LogP contribution in [0.15, 0.2) is 60.7 Å². The topological polar surface area (TPSA) is 131 Å². The second-order valence-corrected chi connectivity index (χ2v) is 11.9. The average molecular weight is 589 g/mol. The van der Waals surface area contributed by atoms with Crippen LogP contribution in [0, 0.1) is 13.8 Å². The third-order valence-corrected chi connectivity index (χ3v) is 6.99. The molecule has 0 fully saturated rings. The number of unbranched alkanes of at least 4 members (excludes halogenated alkanes) is 2. The minimum Gasteiger partial charge on any atom is -0.444 e. The normalized spacial score (nSPS) is 12.7. The molecular formula is C34H44N4O5. The molecule has 0 radical (unpaired) electrons. The summed E-state index contributed by atoms with van der Waals surface area (Å²) in [7, 11) is 0. The summed E-state index contributed by atoms with van der Waals surface area (Å²) in [6.07, 6.45) is 1.01. The van der Waals surface area contributed by atoms with Gasteiger partial charge >= 0.3 is 6.09 Å². The molecule has 2 unspecified atom stereocenters. The molecule has 4 amide bonds. The molecule has 43 heavy (non-hydrogen) atoms. The van der Waals surface area contributed by atoms with Gasteiger partial charge in [0.15, 0.2) is 0 Å². The number of rotatable bonds is 12. The van der Waals surface area contributed by atoms with Gasteiger partial charge in [0.25, 0.3) is 5.91 Å². The summed E-state index contributed by atoms with van der Waals surface area (Å²) >= 11 is 0. The SMILES string of the molecule is CCCCCN(C(=O)C(CC(N)=O)NC(=O)OC(C)(C)C)C(C(=O)Nc1ccc2ccccc2c1)c1cc(C)ccc1C. The average Bonchev–Trinajstić information content (AvgIpc) is 2.92. The number of hydrogen-bond donors (Lipinski definition) is 3. The fourth-order valence-corrected chi connectivity index (χ4v) is 4.93. The van der Waals surface area contributed by atoms with Crippen LogP contribution in [0.4, 0.5) is 10.5 Å². The molecule has 0 bridgehead atoms. The van der Waals surface area contributed by atoms with Crippen molar-refractivity contribution in [3.63, 3.8) is 0 Å². The quantitative estimate of drug-likeness (QED) is 0.226. The van der Waals surface area contributed by atoms with Gasteiger partial charge in [-0.05, 0) is 75.1 Å². The van der Waals surface area contributed by atoms with Crippen LogP contribution in [0.25, 0.3) is 10.8 Å². The lowest BCUT2D eigenvalue weighted by Crippen LogP contribution is -2.53. The summed E-state index contributed by atoms with van der Waals surface area (Å²) < 4.78 is 5.37. The molecule has 9 heteroatoms. The number of nitrogens with zero attached hydrogens (tertiary/aromatic N) is 1. The number of anilines is 1. The predicted molar refractivity (Wildman–Crippen MR) is 169 cm³/mol. The lowest BCUT2D eigenvalue weighted by Gasteiger charge is -2.35. The number of aryl methyl sites for hydroxylation is 2. The van der Waals surface area contributed by atoms with Crippen molar-refractivity contribution in [3.05, 3.63) is 77.4 Å². The molecule has 0 saturated heterocycles. The second-order valence-electron chi connectivity index (χ2n) is 11.9. The Morgan fingerprint density at radius 2 is 1.63 bits per heavy atom. The van der Waals surface area contributed by atoms with Crippen LogP contribution in [0.3, 0.4) is 0 Å². The van der Waals surface area contributed by atoms with E-state index in [1.807, 2.05) is 81.4 Å². The first-order valence-corrected chi connectivity index (χ1v) is 14.7. The first-order valence-electron chi connectivity index (χ1n) is 14.7. The van der Waals surface area contributed by atoms with Crippen molar-refractivity contribution >= 4 is 40.3 Å². The van der Waals surface area contributed by atoms with E-state index >= 15 is 0 Å². The molecule has 0 aliphatic rings. The number of fused-ring (bicyclic) bond motifs is 1. The molecule has 2 atom stereocenters. The molecular weight excluding hydrogens is 544 g/mol. The highest BCUT2D eigenvalue weighted by Gasteiger charge is 2.37. The molecule has 3 rings (SSSR count). The lowest BCUT2D eigenvalue weighted by atomic mass is 9.95. The van der Waals surface area contributed by atoms with Crippen molar-refractivity contribution in [2.75, 3.05) is 11.9 Å². The predicted octanol–water partition coefficient (Wildman–Crippen LogP) is 5.92. The Morgan fingerprint density at radius 1 is 0.930 bits per heavy atom. The maximum Gasteiger partial charge on any atom is 0.408 e. The van der Waals surface area contributed by atoms with E-state index in [-0.39, 0.29) is 6.54 Å². The molecule has 4 N–H and O–H groups in total. The van der Waals surface area contributed by atoms with E-state index in [2.05, 4.69) is 10.6 Å². The van der Waals surface area contributed by atoms with Crippen molar-refractivity contribution < 1.29 is 23.9 Å². The molecule has 0 aliphatic carbocycles. The van der Waals surface area contributed by atoms with E-state index < -0.39 is 47.9 Å². The lowest BCUT2D eigenvalue weighted by molar-refractivity contribution is -0.142. The van der Waals surface area contributed by atoms with Gasteiger partial charge < -0.3 is 26.0 Å². The number of nitrogens with one attached hydrogen (secondary N) is 2. The molecule has 9 nitrogen and oxygen atoms in total. The Hall–Kier alpha value is -4.40. The third-order valence-electron chi connectivity index (χ3n) is 6.99. The monoisotopic (exact) mass is 588 g/mol. The van der Waals surface area contributed by atoms with Gasteiger partial charge in [0, 0.05) is 12.2 Å². The summed E-state index contributed by atoms with van der Waals surface area (Å²) in [6.45, 7) is 11.2. The molecule has 0 spiro atoms. The van der Waals surface area contributed by atoms with Gasteiger partial charge in [-0.15, -0.1) is 0 Å². The standard InChI is InChI=1S/C34H44N4O5/c1-7-8-11-18-38(32(41)28(21-29(35)39)37-33(42)43-34(4,5)6)30(27-19-22(2)14-15-23(27)3)31(40)36-26-17-16-24-12-9-10-13-25(24)20-26/h9-10,12-17,19-20,28,30H,7-8,11,18,21H2,1-6H3,(H2,35,39)(H,36,40)(H,37,42). The van der Waals surface area contributed by atoms with E-state index in [0.29, 0.717) is 17.7 Å². The van der Waals surface area contributed by atoms with Gasteiger partial charge in [-0.3, -0.25) is 14.4 Å². The molecule has 0 aromatic heterocycles. The van der Waals surface area contributed by atoms with Crippen LogP contribution in [0.1, 0.15) is 76.1 Å². The van der Waals surface area contributed by atoms with Gasteiger partial charge in [0.05, 0.1) is 6.42 Å². The Bertz CT molecular complexity index is 1460. The summed E-state index contributed by atoms with van der Waals surface area (Å²) in [5, 5.41) is 7.55. The molecule has 3 aromatic carbocycles. The van der Waals surface area contributed by atoms with Gasteiger partial charge in [0.1, 0.15) is 17.7 Å². The maximum atomic E-state index is 14.3. The smallest absolute Gasteiger partial charge is 0.408 e. The zero-order valence-corrected chi connectivity index (χ0v) is 26.0. The minimum absolute atomic E-state index is 0.223. The summed E-state index contributed by atoms with van der Waals surface area (Å²) in [6, 6.07) is 16.8. The number of amides is 4. The fraction of sp³-hybridized carbons (Fsp3) is 0.412. The number of primary amides is 1. The molecule has 3 aromatic rings. The number of ether oxygens (including phenoxy) is 1. The molecule has 230 valence electrons. The van der Waals surface area contributed by atoms with Crippen LogP contribution in [-0.4, -0.2) is 46.9 Å². The highest BCUT2D eigenvalue weighted by atomic mass is 16.6. The van der Waals surface area contributed by atoms with E-state index in [1.54, 1.807) is 20.8 Å². The van der Waals surface area contributed by atoms with E-state index in [0.717, 1.165) is 34.7 Å². The van der Waals surface area contributed by atoms with Crippen LogP contribution in [0.2, 0.25) is 0 Å². The number of benzene rings is 3. The fourth-order valence-electron chi connectivity index (χ4n) is 4.93. The Balaban J connectivity index is 2.08. The van der Waals surface area contributed by atoms with Crippen LogP contribution >= 0.6 is 0 Å². The highest BCUT2D eigenvalue weighted by Crippen LogP contribution is 2.29. The molecule has 0 heterocycles. The van der Waals surface area contributed by atoms with Gasteiger partial charge in [-0.2, -0.15) is 0 Å². The van der Waals surface area contributed by atoms with Crippen LogP contribution in [0.5, 0.6) is 0 Å². The van der Waals surface area contributed by atoms with E-state index in [1.165, 1.54) is 4.90 Å². The van der Waals surface area contributed by atoms with Crippen molar-refractivity contribution in [3.8, 4) is 0 Å². The summed E-state index contributed by atoms with van der Waals surface area (Å²) in [5.74, 6) is -1.78. The number of carbonyl (C=O) groups is 4. The second kappa shape index (κ2) is 14.7. The Labute approximate surface area is 254 Å². The first-order chi connectivity index (χ1) is 20.3. The number of carbonyl (C=O) groups excluding carboxylic acids is 4. The van der Waals surface area contributed by atoms with Gasteiger partial charge in [0.2, 0.25) is 11.8 Å². The zero-order valence-electron chi connectivity index (χ0n) is 26.0. The number of hydrogen-bond acceptors (Lipinski definition) is 5. The third kappa shape index (κ3) is 9.56. The largest absolute Gasteiger partial charge is 0.444 e. The Morgan fingerprint density at radius 3 is 2.28 bits per heavy atom. The van der Waals surface area contributed by atoms with E-state index in [4.69, 9.17) is 10.5 Å². The van der Waals surface area contributed by atoms with Crippen molar-refractivity contribution in [1.82, 2.24) is 10.2 Å². The van der Waals surface area contributed by atoms with Crippen LogP contribution in [-0.2, 0) is 19.1 Å². The zero-order chi connectivity index (χ0) is 31.7. The van der Waals surface area contributed by atoms with Gasteiger partial charge in [-0.25, -0.2) is 4.79 Å². The van der Waals surface area contributed by atoms with Gasteiger partial charge in [-0.1, -0.05) is 73.9 Å². The molecule has 0 saturated carbocycles. The summed E-state index contributed by atoms with van der Waals surface area (Å²) in [4.78, 5) is 54.8. The van der Waals surface area contributed by atoms with Crippen molar-refractivity contribution in [2.24, 2.45) is 5.73 Å². The van der Waals surface area contributed by atoms with Crippen molar-refractivity contribution in [2.45, 2.75) is 84.9 Å². The first kappa shape index (κ1) is 33.1. The minimum atomic E-state index is -1.32. The highest BCUT2D eigenvalue weighted by molar-refractivity contribution is 6.01. The Kier molecular flexibility index (Phi) is 11.3. The molecule has 0 aliphatic heterocycles. The summed E-state index contributed by atoms with van der Waals surface area (Å²) in [5.41, 5.74) is 7.67. The maximum absolute atomic E-state index is 14.3. The number of alkyl carbamates (subject to hydrolysis) is 1. The number of nitrogens with two attached hydrogens (primary N) is 1.